The minimum Gasteiger partial charge on any atom is -0.288 e. The van der Waals surface area contributed by atoms with E-state index in [2.05, 4.69) is 6.58 Å². The van der Waals surface area contributed by atoms with E-state index in [1.165, 1.54) is 12.2 Å². The fraction of sp³-hybridized carbons (Fsp3) is 0.222. The second-order valence-corrected chi connectivity index (χ2v) is 2.02. The highest BCUT2D eigenvalue weighted by atomic mass is 19.3. The molecule has 0 N–H and O–H groups in total. The Labute approximate surface area is 70.1 Å². The summed E-state index contributed by atoms with van der Waals surface area (Å²) in [6, 6.07) is 0. The lowest BCUT2D eigenvalue weighted by Crippen LogP contribution is -2.11. The van der Waals surface area contributed by atoms with Gasteiger partial charge in [-0.15, -0.1) is 0 Å². The van der Waals surface area contributed by atoms with E-state index in [1.54, 1.807) is 13.0 Å². The van der Waals surface area contributed by atoms with Crippen LogP contribution in [0.15, 0.2) is 36.5 Å². The van der Waals surface area contributed by atoms with Crippen molar-refractivity contribution in [2.75, 3.05) is 0 Å². The fourth-order valence-electron chi connectivity index (χ4n) is 0.577. The molecule has 0 radical (unpaired) electrons. The van der Waals surface area contributed by atoms with E-state index in [9.17, 15) is 13.6 Å². The summed E-state index contributed by atoms with van der Waals surface area (Å²) < 4.78 is 23.7. The van der Waals surface area contributed by atoms with Crippen LogP contribution in [0.25, 0.3) is 0 Å². The number of halogens is 2. The molecule has 0 unspecified atom stereocenters. The second-order valence-electron chi connectivity index (χ2n) is 2.02. The monoisotopic (exact) mass is 172 g/mol. The zero-order valence-electron chi connectivity index (χ0n) is 6.76. The molecule has 0 bridgehead atoms. The Morgan fingerprint density at radius 3 is 2.42 bits per heavy atom. The van der Waals surface area contributed by atoms with Crippen molar-refractivity contribution in [1.29, 1.82) is 0 Å². The summed E-state index contributed by atoms with van der Waals surface area (Å²) >= 11 is 0. The first-order valence-electron chi connectivity index (χ1n) is 3.41. The minimum absolute atomic E-state index is 0.0666. The van der Waals surface area contributed by atoms with Crippen molar-refractivity contribution in [3.8, 4) is 0 Å². The highest BCUT2D eigenvalue weighted by Crippen LogP contribution is 2.06. The van der Waals surface area contributed by atoms with E-state index in [0.717, 1.165) is 6.08 Å². The smallest absolute Gasteiger partial charge is 0.288 e. The Morgan fingerprint density at radius 1 is 1.50 bits per heavy atom. The van der Waals surface area contributed by atoms with Gasteiger partial charge in [0.25, 0.3) is 0 Å². The number of carbonyl (C=O) groups is 1. The van der Waals surface area contributed by atoms with E-state index in [1.807, 2.05) is 0 Å². The number of hydrogen-bond donors (Lipinski definition) is 0. The molecule has 0 saturated heterocycles. The van der Waals surface area contributed by atoms with Crippen LogP contribution in [-0.4, -0.2) is 12.2 Å². The van der Waals surface area contributed by atoms with Gasteiger partial charge in [-0.3, -0.25) is 4.79 Å². The van der Waals surface area contributed by atoms with Crippen molar-refractivity contribution in [3.05, 3.63) is 36.5 Å². The number of hydrogen-bond acceptors (Lipinski definition) is 1. The summed E-state index contributed by atoms with van der Waals surface area (Å²) in [6.45, 7) is 4.99. The quantitative estimate of drug-likeness (QED) is 0.470. The number of ketones is 1. The molecule has 0 heterocycles. The Hall–Kier alpha value is -1.25. The van der Waals surface area contributed by atoms with Crippen LogP contribution in [0.3, 0.4) is 0 Å². The number of rotatable bonds is 4. The zero-order chi connectivity index (χ0) is 9.56. The Morgan fingerprint density at radius 2 is 2.08 bits per heavy atom. The SMILES string of the molecule is C=C/C(=C\C=C/C)C(=O)C(F)F. The van der Waals surface area contributed by atoms with E-state index >= 15 is 0 Å². The molecule has 0 aliphatic heterocycles. The molecule has 0 aliphatic rings. The third-order valence-corrected chi connectivity index (χ3v) is 1.17. The van der Waals surface area contributed by atoms with Gasteiger partial charge in [-0.2, -0.15) is 0 Å². The van der Waals surface area contributed by atoms with Gasteiger partial charge in [0.15, 0.2) is 0 Å². The Bertz CT molecular complexity index is 227. The van der Waals surface area contributed by atoms with Crippen LogP contribution in [0.4, 0.5) is 8.78 Å². The first kappa shape index (κ1) is 10.8. The predicted octanol–water partition coefficient (Wildman–Crippen LogP) is 2.51. The van der Waals surface area contributed by atoms with Crippen LogP contribution in [0.2, 0.25) is 0 Å². The summed E-state index contributed by atoms with van der Waals surface area (Å²) in [5.41, 5.74) is -0.0666. The number of alkyl halides is 2. The summed E-state index contributed by atoms with van der Waals surface area (Å²) in [5, 5.41) is 0. The first-order chi connectivity index (χ1) is 5.63. The zero-order valence-corrected chi connectivity index (χ0v) is 6.76. The van der Waals surface area contributed by atoms with Crippen molar-refractivity contribution >= 4 is 5.78 Å². The molecule has 0 aromatic heterocycles. The molecule has 0 aromatic carbocycles. The van der Waals surface area contributed by atoms with Crippen LogP contribution in [0.5, 0.6) is 0 Å². The average molecular weight is 172 g/mol. The topological polar surface area (TPSA) is 17.1 Å². The third-order valence-electron chi connectivity index (χ3n) is 1.17. The van der Waals surface area contributed by atoms with E-state index in [4.69, 9.17) is 0 Å². The first-order valence-corrected chi connectivity index (χ1v) is 3.41. The largest absolute Gasteiger partial charge is 0.300 e. The molecule has 1 nitrogen and oxygen atoms in total. The van der Waals surface area contributed by atoms with Crippen molar-refractivity contribution in [1.82, 2.24) is 0 Å². The standard InChI is InChI=1S/C9H10F2O/c1-3-5-6-7(4-2)8(12)9(10)11/h3-6,9H,2H2,1H3/b5-3-,7-6+. The van der Waals surface area contributed by atoms with Crippen molar-refractivity contribution in [2.24, 2.45) is 0 Å². The molecule has 0 rings (SSSR count). The molecular formula is C9H10F2O. The van der Waals surface area contributed by atoms with Gasteiger partial charge in [0, 0.05) is 5.57 Å². The van der Waals surface area contributed by atoms with E-state index in [-0.39, 0.29) is 5.57 Å². The normalized spacial score (nSPS) is 12.5. The molecule has 0 amide bonds. The summed E-state index contributed by atoms with van der Waals surface area (Å²) in [4.78, 5) is 10.7. The number of Topliss-reactive ketones (excluding diaryl/α,β-unsaturated/α-hetero) is 1. The van der Waals surface area contributed by atoms with Gasteiger partial charge in [-0.1, -0.05) is 30.9 Å². The van der Waals surface area contributed by atoms with Crippen LogP contribution >= 0.6 is 0 Å². The lowest BCUT2D eigenvalue weighted by Gasteiger charge is -1.97. The second kappa shape index (κ2) is 5.41. The number of carbonyl (C=O) groups excluding carboxylic acids is 1. The van der Waals surface area contributed by atoms with Gasteiger partial charge in [-0.05, 0) is 6.92 Å². The molecule has 12 heavy (non-hydrogen) atoms. The minimum atomic E-state index is -2.96. The molecule has 0 saturated carbocycles. The van der Waals surface area contributed by atoms with Crippen molar-refractivity contribution in [2.45, 2.75) is 13.3 Å². The fourth-order valence-corrected chi connectivity index (χ4v) is 0.577. The van der Waals surface area contributed by atoms with Gasteiger partial charge >= 0.3 is 6.43 Å². The highest BCUT2D eigenvalue weighted by Gasteiger charge is 2.17. The van der Waals surface area contributed by atoms with Crippen LogP contribution < -0.4 is 0 Å². The molecule has 0 spiro atoms. The van der Waals surface area contributed by atoms with Gasteiger partial charge < -0.3 is 0 Å². The van der Waals surface area contributed by atoms with Crippen LogP contribution in [0, 0.1) is 0 Å². The summed E-state index contributed by atoms with van der Waals surface area (Å²) in [7, 11) is 0. The van der Waals surface area contributed by atoms with E-state index in [0.29, 0.717) is 0 Å². The maximum atomic E-state index is 11.8. The summed E-state index contributed by atoms with van der Waals surface area (Å²) in [5.74, 6) is -1.19. The molecule has 0 aromatic rings. The number of allylic oxidation sites excluding steroid dienone is 5. The van der Waals surface area contributed by atoms with Crippen molar-refractivity contribution < 1.29 is 13.6 Å². The molecule has 0 aliphatic carbocycles. The Kier molecular flexibility index (Phi) is 4.84. The Balaban J connectivity index is 4.56. The van der Waals surface area contributed by atoms with E-state index < -0.39 is 12.2 Å². The van der Waals surface area contributed by atoms with Crippen molar-refractivity contribution in [3.63, 3.8) is 0 Å². The average Bonchev–Trinajstić information content (AvgIpc) is 2.05. The molecule has 0 atom stereocenters. The summed E-state index contributed by atoms with van der Waals surface area (Å²) in [6.07, 6.45) is 2.62. The maximum Gasteiger partial charge on any atom is 0.300 e. The van der Waals surface area contributed by atoms with Crippen LogP contribution in [-0.2, 0) is 4.79 Å². The van der Waals surface area contributed by atoms with Crippen LogP contribution in [0.1, 0.15) is 6.92 Å². The lowest BCUT2D eigenvalue weighted by molar-refractivity contribution is -0.125. The maximum absolute atomic E-state index is 11.8. The predicted molar refractivity (Wildman–Crippen MR) is 44.1 cm³/mol. The van der Waals surface area contributed by atoms with Gasteiger partial charge in [-0.25, -0.2) is 8.78 Å². The molecule has 66 valence electrons. The van der Waals surface area contributed by atoms with Gasteiger partial charge in [0.1, 0.15) is 0 Å². The lowest BCUT2D eigenvalue weighted by atomic mass is 10.1. The molecule has 3 heteroatoms. The molecular weight excluding hydrogens is 162 g/mol. The van der Waals surface area contributed by atoms with Gasteiger partial charge in [0.2, 0.25) is 5.78 Å². The highest BCUT2D eigenvalue weighted by molar-refractivity contribution is 6.00. The molecule has 0 fully saturated rings. The third kappa shape index (κ3) is 3.23. The van der Waals surface area contributed by atoms with Gasteiger partial charge in [0.05, 0.1) is 0 Å².